The molecule has 0 fully saturated rings. The molecule has 4 aromatic carbocycles. The minimum atomic E-state index is -4.17. The Labute approximate surface area is 225 Å². The molecule has 4 aromatic rings. The number of nitro benzene ring substituents is 1. The largest absolute Gasteiger partial charge is 0.488 e. The summed E-state index contributed by atoms with van der Waals surface area (Å²) in [6, 6.07) is 29.2. The number of nitro groups is 1. The molecular formula is C28H24N4O6S. The SMILES string of the molecule is O=C(CN(c1ccc([N+](=O)[O-])cc1)S(=O)(=O)c1ccccc1)N/N=C/c1ccccc1OCc1ccccc1. The van der Waals surface area contributed by atoms with Crippen molar-refractivity contribution in [3.63, 3.8) is 0 Å². The molecule has 10 nitrogen and oxygen atoms in total. The lowest BCUT2D eigenvalue weighted by Crippen LogP contribution is -2.39. The van der Waals surface area contributed by atoms with Crippen LogP contribution in [0.3, 0.4) is 0 Å². The van der Waals surface area contributed by atoms with Crippen molar-refractivity contribution in [1.82, 2.24) is 5.43 Å². The van der Waals surface area contributed by atoms with Gasteiger partial charge >= 0.3 is 0 Å². The van der Waals surface area contributed by atoms with Crippen LogP contribution in [0.15, 0.2) is 119 Å². The van der Waals surface area contributed by atoms with E-state index in [1.807, 2.05) is 36.4 Å². The fraction of sp³-hybridized carbons (Fsp3) is 0.0714. The Morgan fingerprint density at radius 1 is 0.897 bits per heavy atom. The Morgan fingerprint density at radius 3 is 2.18 bits per heavy atom. The standard InChI is InChI=1S/C28H24N4O6S/c33-28(30-29-19-23-11-7-8-14-27(23)38-21-22-9-3-1-4-10-22)20-31(24-15-17-25(18-16-24)32(34)35)39(36,37)26-12-5-2-6-13-26/h1-19H,20-21H2,(H,30,33)/b29-19+. The van der Waals surface area contributed by atoms with Crippen LogP contribution >= 0.6 is 0 Å². The summed E-state index contributed by atoms with van der Waals surface area (Å²) < 4.78 is 33.5. The lowest BCUT2D eigenvalue weighted by atomic mass is 10.2. The molecule has 0 saturated carbocycles. The monoisotopic (exact) mass is 544 g/mol. The normalized spacial score (nSPS) is 11.2. The summed E-state index contributed by atoms with van der Waals surface area (Å²) in [5.74, 6) is -0.162. The van der Waals surface area contributed by atoms with Gasteiger partial charge in [0.05, 0.1) is 21.7 Å². The Kier molecular flexibility index (Phi) is 8.64. The number of benzene rings is 4. The Morgan fingerprint density at radius 2 is 1.51 bits per heavy atom. The molecule has 1 amide bonds. The third-order valence-corrected chi connectivity index (χ3v) is 7.30. The molecule has 0 aliphatic heterocycles. The van der Waals surface area contributed by atoms with Gasteiger partial charge in [0.25, 0.3) is 21.6 Å². The van der Waals surface area contributed by atoms with Crippen molar-refractivity contribution in [1.29, 1.82) is 0 Å². The van der Waals surface area contributed by atoms with Gasteiger partial charge in [0.15, 0.2) is 0 Å². The molecule has 39 heavy (non-hydrogen) atoms. The van der Waals surface area contributed by atoms with Gasteiger partial charge in [-0.3, -0.25) is 19.2 Å². The van der Waals surface area contributed by atoms with Gasteiger partial charge in [-0.15, -0.1) is 0 Å². The van der Waals surface area contributed by atoms with E-state index in [2.05, 4.69) is 10.5 Å². The molecule has 0 unspecified atom stereocenters. The van der Waals surface area contributed by atoms with Crippen LogP contribution in [-0.2, 0) is 21.4 Å². The van der Waals surface area contributed by atoms with Gasteiger partial charge in [-0.05, 0) is 42.0 Å². The van der Waals surface area contributed by atoms with E-state index >= 15 is 0 Å². The third-order valence-electron chi connectivity index (χ3n) is 5.52. The van der Waals surface area contributed by atoms with Gasteiger partial charge < -0.3 is 4.74 Å². The van der Waals surface area contributed by atoms with E-state index in [1.165, 1.54) is 42.6 Å². The molecule has 0 heterocycles. The summed E-state index contributed by atoms with van der Waals surface area (Å²) in [4.78, 5) is 23.2. The van der Waals surface area contributed by atoms with Gasteiger partial charge in [-0.1, -0.05) is 60.7 Å². The minimum absolute atomic E-state index is 0.0378. The molecule has 11 heteroatoms. The number of carbonyl (C=O) groups is 1. The number of sulfonamides is 1. The number of amides is 1. The fourth-order valence-corrected chi connectivity index (χ4v) is 5.01. The van der Waals surface area contributed by atoms with Crippen molar-refractivity contribution >= 4 is 33.5 Å². The average Bonchev–Trinajstić information content (AvgIpc) is 2.96. The molecule has 198 valence electrons. The van der Waals surface area contributed by atoms with Gasteiger partial charge in [-0.25, -0.2) is 13.8 Å². The summed E-state index contributed by atoms with van der Waals surface area (Å²) >= 11 is 0. The quantitative estimate of drug-likeness (QED) is 0.168. The van der Waals surface area contributed by atoms with Gasteiger partial charge in [0.2, 0.25) is 0 Å². The lowest BCUT2D eigenvalue weighted by molar-refractivity contribution is -0.384. The van der Waals surface area contributed by atoms with Crippen molar-refractivity contribution in [2.24, 2.45) is 5.10 Å². The summed E-state index contributed by atoms with van der Waals surface area (Å²) in [6.45, 7) is -0.266. The number of rotatable bonds is 11. The first-order chi connectivity index (χ1) is 18.8. The molecule has 0 saturated heterocycles. The van der Waals surface area contributed by atoms with E-state index in [-0.39, 0.29) is 16.3 Å². The van der Waals surface area contributed by atoms with Gasteiger partial charge in [-0.2, -0.15) is 5.10 Å². The first kappa shape index (κ1) is 27.0. The van der Waals surface area contributed by atoms with Crippen LogP contribution in [0.2, 0.25) is 0 Å². The predicted molar refractivity (Wildman–Crippen MR) is 147 cm³/mol. The topological polar surface area (TPSA) is 131 Å². The summed E-state index contributed by atoms with van der Waals surface area (Å²) in [5, 5.41) is 15.0. The van der Waals surface area contributed by atoms with Crippen LogP contribution in [0, 0.1) is 10.1 Å². The fourth-order valence-electron chi connectivity index (χ4n) is 3.57. The van der Waals surface area contributed by atoms with Crippen molar-refractivity contribution in [2.75, 3.05) is 10.8 Å². The highest BCUT2D eigenvalue weighted by atomic mass is 32.2. The van der Waals surface area contributed by atoms with Crippen molar-refractivity contribution < 1.29 is 22.9 Å². The van der Waals surface area contributed by atoms with Crippen LogP contribution in [0.1, 0.15) is 11.1 Å². The molecule has 0 aliphatic carbocycles. The highest BCUT2D eigenvalue weighted by Gasteiger charge is 2.27. The molecule has 0 radical (unpaired) electrons. The maximum atomic E-state index is 13.4. The number of anilines is 1. The van der Waals surface area contributed by atoms with Crippen LogP contribution in [0.25, 0.3) is 0 Å². The van der Waals surface area contributed by atoms with E-state index < -0.39 is 27.4 Å². The van der Waals surface area contributed by atoms with Crippen molar-refractivity contribution in [3.05, 3.63) is 130 Å². The average molecular weight is 545 g/mol. The molecule has 0 aliphatic rings. The maximum absolute atomic E-state index is 13.4. The number of carbonyl (C=O) groups excluding carboxylic acids is 1. The van der Waals surface area contributed by atoms with Gasteiger partial charge in [0, 0.05) is 17.7 Å². The third kappa shape index (κ3) is 7.05. The summed E-state index contributed by atoms with van der Waals surface area (Å²) in [6.07, 6.45) is 1.40. The molecule has 4 rings (SSSR count). The number of ether oxygens (including phenoxy) is 1. The van der Waals surface area contributed by atoms with Crippen LogP contribution in [-0.4, -0.2) is 32.0 Å². The van der Waals surface area contributed by atoms with Crippen LogP contribution < -0.4 is 14.5 Å². The maximum Gasteiger partial charge on any atom is 0.269 e. The minimum Gasteiger partial charge on any atom is -0.488 e. The smallest absolute Gasteiger partial charge is 0.269 e. The molecule has 0 aromatic heterocycles. The first-order valence-electron chi connectivity index (χ1n) is 11.7. The molecule has 0 atom stereocenters. The van der Waals surface area contributed by atoms with Crippen LogP contribution in [0.4, 0.5) is 11.4 Å². The van der Waals surface area contributed by atoms with Crippen molar-refractivity contribution in [3.8, 4) is 5.75 Å². The van der Waals surface area contributed by atoms with E-state index in [0.29, 0.717) is 17.9 Å². The second-order valence-corrected chi connectivity index (χ2v) is 10.1. The molecule has 0 bridgehead atoms. The molecule has 1 N–H and O–H groups in total. The summed E-state index contributed by atoms with van der Waals surface area (Å²) in [5.41, 5.74) is 3.82. The number of non-ortho nitro benzene ring substituents is 1. The van der Waals surface area contributed by atoms with E-state index in [4.69, 9.17) is 4.74 Å². The Bertz CT molecular complexity index is 1560. The molecular weight excluding hydrogens is 520 g/mol. The summed E-state index contributed by atoms with van der Waals surface area (Å²) in [7, 11) is -4.17. The van der Waals surface area contributed by atoms with E-state index in [1.54, 1.807) is 36.4 Å². The Balaban J connectivity index is 1.50. The van der Waals surface area contributed by atoms with Crippen molar-refractivity contribution in [2.45, 2.75) is 11.5 Å². The zero-order valence-corrected chi connectivity index (χ0v) is 21.4. The number of nitrogens with one attached hydrogen (secondary N) is 1. The predicted octanol–water partition coefficient (Wildman–Crippen LogP) is 4.52. The lowest BCUT2D eigenvalue weighted by Gasteiger charge is -2.23. The zero-order valence-electron chi connectivity index (χ0n) is 20.6. The van der Waals surface area contributed by atoms with Crippen LogP contribution in [0.5, 0.6) is 5.75 Å². The zero-order chi connectivity index (χ0) is 27.7. The second-order valence-electron chi connectivity index (χ2n) is 8.20. The highest BCUT2D eigenvalue weighted by Crippen LogP contribution is 2.25. The number of nitrogens with zero attached hydrogens (tertiary/aromatic N) is 3. The first-order valence-corrected chi connectivity index (χ1v) is 13.2. The number of hydrogen-bond acceptors (Lipinski definition) is 7. The van der Waals surface area contributed by atoms with Gasteiger partial charge in [0.1, 0.15) is 18.9 Å². The highest BCUT2D eigenvalue weighted by molar-refractivity contribution is 7.92. The Hall–Kier alpha value is -5.03. The molecule has 0 spiro atoms. The van der Waals surface area contributed by atoms with E-state index in [0.717, 1.165) is 9.87 Å². The number of para-hydroxylation sites is 1. The number of hydrazone groups is 1. The number of hydrogen-bond donors (Lipinski definition) is 1. The van der Waals surface area contributed by atoms with E-state index in [9.17, 15) is 23.3 Å². The second kappa shape index (κ2) is 12.5.